The van der Waals surface area contributed by atoms with Crippen LogP contribution in [-0.2, 0) is 11.3 Å². The molecule has 0 atom stereocenters. The lowest BCUT2D eigenvalue weighted by atomic mass is 10.0. The summed E-state index contributed by atoms with van der Waals surface area (Å²) in [5.74, 6) is 0.922. The number of fused-ring (bicyclic) bond motifs is 1. The smallest absolute Gasteiger partial charge is 0.251 e. The van der Waals surface area contributed by atoms with Gasteiger partial charge in [-0.1, -0.05) is 25.0 Å². The van der Waals surface area contributed by atoms with Crippen LogP contribution in [0.1, 0.15) is 60.3 Å². The first-order valence-electron chi connectivity index (χ1n) is 12.3. The van der Waals surface area contributed by atoms with Gasteiger partial charge in [-0.05, 0) is 68.5 Å². The molecular formula is C27H34N4O2. The zero-order valence-corrected chi connectivity index (χ0v) is 19.7. The van der Waals surface area contributed by atoms with Crippen LogP contribution in [0.15, 0.2) is 42.5 Å². The van der Waals surface area contributed by atoms with Gasteiger partial charge in [0.2, 0.25) is 0 Å². The van der Waals surface area contributed by atoms with E-state index in [2.05, 4.69) is 31.9 Å². The van der Waals surface area contributed by atoms with Gasteiger partial charge in [-0.2, -0.15) is 0 Å². The third-order valence-corrected chi connectivity index (χ3v) is 7.33. The molecule has 2 heterocycles. The quantitative estimate of drug-likeness (QED) is 0.600. The molecule has 3 aromatic rings. The van der Waals surface area contributed by atoms with Crippen LogP contribution < -0.4 is 5.32 Å². The number of ether oxygens (including phenoxy) is 1. The number of rotatable bonds is 6. The average Bonchev–Trinajstić information content (AvgIpc) is 3.47. The van der Waals surface area contributed by atoms with Crippen LogP contribution in [0.25, 0.3) is 16.7 Å². The van der Waals surface area contributed by atoms with Gasteiger partial charge in [0.1, 0.15) is 5.82 Å². The summed E-state index contributed by atoms with van der Waals surface area (Å²) >= 11 is 0. The molecule has 1 amide bonds. The Morgan fingerprint density at radius 3 is 2.61 bits per heavy atom. The van der Waals surface area contributed by atoms with Crippen molar-refractivity contribution in [1.29, 1.82) is 0 Å². The van der Waals surface area contributed by atoms with Crippen LogP contribution >= 0.6 is 0 Å². The molecule has 2 aliphatic rings. The molecule has 6 heteroatoms. The largest absolute Gasteiger partial charge is 0.380 e. The zero-order valence-electron chi connectivity index (χ0n) is 19.7. The molecule has 0 spiro atoms. The number of carbonyl (C=O) groups excluding carboxylic acids is 1. The van der Waals surface area contributed by atoms with E-state index in [0.29, 0.717) is 12.2 Å². The number of amides is 1. The SMILES string of the molecule is COCc1cc(-n2c(C)nc3ccccc32)ccc1C(=O)NC1CCN(C2CCCC2)CC1. The molecule has 1 saturated heterocycles. The molecule has 1 aliphatic heterocycles. The van der Waals surface area contributed by atoms with Gasteiger partial charge < -0.3 is 15.0 Å². The third-order valence-electron chi connectivity index (χ3n) is 7.33. The Hall–Kier alpha value is -2.70. The Kier molecular flexibility index (Phi) is 6.47. The van der Waals surface area contributed by atoms with Crippen molar-refractivity contribution in [3.63, 3.8) is 0 Å². The summed E-state index contributed by atoms with van der Waals surface area (Å²) in [5.41, 5.74) is 4.61. The molecule has 1 saturated carbocycles. The summed E-state index contributed by atoms with van der Waals surface area (Å²) in [6, 6.07) is 15.1. The van der Waals surface area contributed by atoms with Crippen molar-refractivity contribution in [3.05, 3.63) is 59.4 Å². The van der Waals surface area contributed by atoms with Crippen LogP contribution in [-0.4, -0.2) is 52.6 Å². The van der Waals surface area contributed by atoms with Gasteiger partial charge in [-0.15, -0.1) is 0 Å². The normalized spacial score (nSPS) is 18.2. The number of methoxy groups -OCH3 is 1. The second-order valence-corrected chi connectivity index (χ2v) is 9.48. The molecule has 0 bridgehead atoms. The minimum absolute atomic E-state index is 0.000118. The maximum Gasteiger partial charge on any atom is 0.251 e. The molecule has 6 nitrogen and oxygen atoms in total. The fourth-order valence-electron chi connectivity index (χ4n) is 5.63. The Labute approximate surface area is 195 Å². The fraction of sp³-hybridized carbons (Fsp3) is 0.481. The highest BCUT2D eigenvalue weighted by Gasteiger charge is 2.28. The summed E-state index contributed by atoms with van der Waals surface area (Å²) in [4.78, 5) is 20.5. The molecule has 2 fully saturated rings. The lowest BCUT2D eigenvalue weighted by molar-refractivity contribution is 0.0888. The maximum atomic E-state index is 13.2. The summed E-state index contributed by atoms with van der Waals surface area (Å²) < 4.78 is 7.59. The molecule has 174 valence electrons. The van der Waals surface area contributed by atoms with E-state index in [-0.39, 0.29) is 11.9 Å². The van der Waals surface area contributed by atoms with E-state index in [1.54, 1.807) is 7.11 Å². The molecule has 0 unspecified atom stereocenters. The number of benzene rings is 2. The number of hydrogen-bond donors (Lipinski definition) is 1. The van der Waals surface area contributed by atoms with Gasteiger partial charge in [0.15, 0.2) is 0 Å². The van der Waals surface area contributed by atoms with Crippen molar-refractivity contribution in [2.45, 2.75) is 64.1 Å². The number of likely N-dealkylation sites (tertiary alicyclic amines) is 1. The fourth-order valence-corrected chi connectivity index (χ4v) is 5.63. The highest BCUT2D eigenvalue weighted by molar-refractivity contribution is 5.96. The van der Waals surface area contributed by atoms with Gasteiger partial charge in [-0.3, -0.25) is 9.36 Å². The summed E-state index contributed by atoms with van der Waals surface area (Å²) in [6.07, 6.45) is 7.48. The van der Waals surface area contributed by atoms with Crippen molar-refractivity contribution in [2.75, 3.05) is 20.2 Å². The maximum absolute atomic E-state index is 13.2. The Bertz CT molecular complexity index is 1120. The third kappa shape index (κ3) is 4.55. The molecule has 1 aromatic heterocycles. The van der Waals surface area contributed by atoms with E-state index in [0.717, 1.165) is 60.1 Å². The minimum Gasteiger partial charge on any atom is -0.380 e. The van der Waals surface area contributed by atoms with Crippen molar-refractivity contribution in [3.8, 4) is 5.69 Å². The Balaban J connectivity index is 1.33. The van der Waals surface area contributed by atoms with Crippen molar-refractivity contribution < 1.29 is 9.53 Å². The van der Waals surface area contributed by atoms with Crippen LogP contribution in [0.5, 0.6) is 0 Å². The number of nitrogens with one attached hydrogen (secondary N) is 1. The first-order chi connectivity index (χ1) is 16.1. The average molecular weight is 447 g/mol. The van der Waals surface area contributed by atoms with E-state index in [1.165, 1.54) is 25.7 Å². The standard InChI is InChI=1S/C27H34N4O2/c1-19-28-25-9-5-6-10-26(25)31(19)23-11-12-24(20(17-23)18-33-2)27(32)29-21-13-15-30(16-14-21)22-7-3-4-8-22/h5-6,9-12,17,21-22H,3-4,7-8,13-16,18H2,1-2H3,(H,29,32). The van der Waals surface area contributed by atoms with Gasteiger partial charge in [0.25, 0.3) is 5.91 Å². The van der Waals surface area contributed by atoms with Crippen LogP contribution in [0, 0.1) is 6.92 Å². The second-order valence-electron chi connectivity index (χ2n) is 9.48. The number of aromatic nitrogens is 2. The number of para-hydroxylation sites is 2. The lowest BCUT2D eigenvalue weighted by Crippen LogP contribution is -2.47. The molecule has 2 aromatic carbocycles. The van der Waals surface area contributed by atoms with Crippen LogP contribution in [0.4, 0.5) is 0 Å². The van der Waals surface area contributed by atoms with E-state index >= 15 is 0 Å². The highest BCUT2D eigenvalue weighted by atomic mass is 16.5. The summed E-state index contributed by atoms with van der Waals surface area (Å²) in [5, 5.41) is 3.30. The topological polar surface area (TPSA) is 59.4 Å². The number of nitrogens with zero attached hydrogens (tertiary/aromatic N) is 3. The van der Waals surface area contributed by atoms with Crippen LogP contribution in [0.2, 0.25) is 0 Å². The molecule has 5 rings (SSSR count). The zero-order chi connectivity index (χ0) is 22.8. The number of hydrogen-bond acceptors (Lipinski definition) is 4. The van der Waals surface area contributed by atoms with Crippen molar-refractivity contribution in [2.24, 2.45) is 0 Å². The van der Waals surface area contributed by atoms with Crippen molar-refractivity contribution in [1.82, 2.24) is 19.8 Å². The number of carbonyl (C=O) groups is 1. The Morgan fingerprint density at radius 2 is 1.85 bits per heavy atom. The summed E-state index contributed by atoms with van der Waals surface area (Å²) in [7, 11) is 1.67. The molecular weight excluding hydrogens is 412 g/mol. The highest BCUT2D eigenvalue weighted by Crippen LogP contribution is 2.27. The van der Waals surface area contributed by atoms with E-state index in [4.69, 9.17) is 4.74 Å². The van der Waals surface area contributed by atoms with E-state index < -0.39 is 0 Å². The first kappa shape index (κ1) is 22.1. The molecule has 33 heavy (non-hydrogen) atoms. The monoisotopic (exact) mass is 446 g/mol. The van der Waals surface area contributed by atoms with E-state index in [9.17, 15) is 4.79 Å². The molecule has 0 radical (unpaired) electrons. The number of imidazole rings is 1. The first-order valence-corrected chi connectivity index (χ1v) is 12.3. The number of piperidine rings is 1. The second kappa shape index (κ2) is 9.65. The predicted octanol–water partition coefficient (Wildman–Crippen LogP) is 4.62. The minimum atomic E-state index is 0.000118. The molecule has 1 aliphatic carbocycles. The number of aryl methyl sites for hydroxylation is 1. The Morgan fingerprint density at radius 1 is 1.09 bits per heavy atom. The lowest BCUT2D eigenvalue weighted by Gasteiger charge is -2.36. The van der Waals surface area contributed by atoms with Crippen LogP contribution in [0.3, 0.4) is 0 Å². The van der Waals surface area contributed by atoms with Crippen molar-refractivity contribution >= 4 is 16.9 Å². The summed E-state index contributed by atoms with van der Waals surface area (Å²) in [6.45, 7) is 4.58. The van der Waals surface area contributed by atoms with Gasteiger partial charge in [0.05, 0.1) is 17.6 Å². The van der Waals surface area contributed by atoms with Gasteiger partial charge in [0, 0.05) is 43.5 Å². The van der Waals surface area contributed by atoms with Gasteiger partial charge in [-0.25, -0.2) is 4.98 Å². The van der Waals surface area contributed by atoms with Gasteiger partial charge >= 0.3 is 0 Å². The predicted molar refractivity (Wildman–Crippen MR) is 131 cm³/mol. The molecule has 1 N–H and O–H groups in total. The van der Waals surface area contributed by atoms with E-state index in [1.807, 2.05) is 37.3 Å².